The standard InChI is InChI=1S/C26H27NO6S/c1-18(2)25(27-34(30,31)23-15-13-22(32-3)14-16-23)26(29)33-17-24(28)21-11-9-20(10-12-21)19-7-5-4-6-8-19/h4-16,18,25,27H,17H2,1-3H3. The summed E-state index contributed by atoms with van der Waals surface area (Å²) < 4.78 is 38.1. The number of nitrogens with one attached hydrogen (secondary N) is 1. The predicted molar refractivity (Wildman–Crippen MR) is 129 cm³/mol. The fraction of sp³-hybridized carbons (Fsp3) is 0.231. The highest BCUT2D eigenvalue weighted by atomic mass is 32.2. The van der Waals surface area contributed by atoms with Crippen molar-refractivity contribution in [1.29, 1.82) is 0 Å². The molecule has 178 valence electrons. The van der Waals surface area contributed by atoms with Crippen LogP contribution in [0.1, 0.15) is 24.2 Å². The van der Waals surface area contributed by atoms with Gasteiger partial charge >= 0.3 is 5.97 Å². The summed E-state index contributed by atoms with van der Waals surface area (Å²) in [6.07, 6.45) is 0. The third-order valence-corrected chi connectivity index (χ3v) is 6.69. The van der Waals surface area contributed by atoms with Crippen molar-refractivity contribution in [3.8, 4) is 16.9 Å². The van der Waals surface area contributed by atoms with Crippen molar-refractivity contribution in [2.45, 2.75) is 24.8 Å². The number of esters is 1. The first-order chi connectivity index (χ1) is 16.2. The van der Waals surface area contributed by atoms with Crippen LogP contribution in [-0.2, 0) is 19.6 Å². The lowest BCUT2D eigenvalue weighted by Crippen LogP contribution is -2.45. The zero-order valence-corrected chi connectivity index (χ0v) is 20.0. The molecule has 1 unspecified atom stereocenters. The summed E-state index contributed by atoms with van der Waals surface area (Å²) in [5.74, 6) is -1.09. The summed E-state index contributed by atoms with van der Waals surface area (Å²) in [7, 11) is -2.51. The van der Waals surface area contributed by atoms with Crippen LogP contribution in [0.25, 0.3) is 11.1 Å². The molecule has 0 saturated heterocycles. The lowest BCUT2D eigenvalue weighted by Gasteiger charge is -2.20. The van der Waals surface area contributed by atoms with Gasteiger partial charge in [0.2, 0.25) is 10.0 Å². The van der Waals surface area contributed by atoms with Crippen LogP contribution >= 0.6 is 0 Å². The Morgan fingerprint density at radius 2 is 1.44 bits per heavy atom. The highest BCUT2D eigenvalue weighted by Gasteiger charge is 2.30. The average molecular weight is 482 g/mol. The van der Waals surface area contributed by atoms with Crippen LogP contribution in [0.15, 0.2) is 83.8 Å². The van der Waals surface area contributed by atoms with Gasteiger partial charge in [0.25, 0.3) is 0 Å². The molecule has 0 fully saturated rings. The van der Waals surface area contributed by atoms with Gasteiger partial charge in [-0.2, -0.15) is 4.72 Å². The highest BCUT2D eigenvalue weighted by molar-refractivity contribution is 7.89. The second kappa shape index (κ2) is 11.1. The number of Topliss-reactive ketones (excluding diaryl/α,β-unsaturated/α-hetero) is 1. The first kappa shape index (κ1) is 25.1. The molecule has 1 N–H and O–H groups in total. The molecule has 0 radical (unpaired) electrons. The molecule has 0 aliphatic rings. The number of hydrogen-bond acceptors (Lipinski definition) is 6. The number of carbonyl (C=O) groups is 2. The molecule has 8 heteroatoms. The van der Waals surface area contributed by atoms with E-state index >= 15 is 0 Å². The van der Waals surface area contributed by atoms with Crippen LogP contribution in [0.4, 0.5) is 0 Å². The van der Waals surface area contributed by atoms with Crippen molar-refractivity contribution in [3.05, 3.63) is 84.4 Å². The van der Waals surface area contributed by atoms with Gasteiger partial charge in [0.05, 0.1) is 12.0 Å². The quantitative estimate of drug-likeness (QED) is 0.346. The molecule has 0 aromatic heterocycles. The summed E-state index contributed by atoms with van der Waals surface area (Å²) in [4.78, 5) is 25.2. The van der Waals surface area contributed by atoms with Crippen molar-refractivity contribution in [2.24, 2.45) is 5.92 Å². The second-order valence-corrected chi connectivity index (χ2v) is 9.71. The number of methoxy groups -OCH3 is 1. The van der Waals surface area contributed by atoms with Crippen molar-refractivity contribution in [1.82, 2.24) is 4.72 Å². The normalized spacial score (nSPS) is 12.2. The molecule has 0 spiro atoms. The van der Waals surface area contributed by atoms with E-state index < -0.39 is 34.6 Å². The topological polar surface area (TPSA) is 98.8 Å². The zero-order chi connectivity index (χ0) is 24.7. The SMILES string of the molecule is COc1ccc(S(=O)(=O)NC(C(=O)OCC(=O)c2ccc(-c3ccccc3)cc2)C(C)C)cc1. The summed E-state index contributed by atoms with van der Waals surface area (Å²) in [5, 5.41) is 0. The van der Waals surface area contributed by atoms with Gasteiger partial charge in [-0.3, -0.25) is 9.59 Å². The van der Waals surface area contributed by atoms with Crippen molar-refractivity contribution in [3.63, 3.8) is 0 Å². The maximum absolute atomic E-state index is 12.7. The molecule has 7 nitrogen and oxygen atoms in total. The lowest BCUT2D eigenvalue weighted by molar-refractivity contribution is -0.145. The maximum atomic E-state index is 12.7. The van der Waals surface area contributed by atoms with Gasteiger partial charge in [-0.15, -0.1) is 0 Å². The molecule has 0 heterocycles. The molecule has 34 heavy (non-hydrogen) atoms. The zero-order valence-electron chi connectivity index (χ0n) is 19.2. The van der Waals surface area contributed by atoms with Gasteiger partial charge in [0, 0.05) is 5.56 Å². The summed E-state index contributed by atoms with van der Waals surface area (Å²) in [6.45, 7) is 2.89. The summed E-state index contributed by atoms with van der Waals surface area (Å²) >= 11 is 0. The Balaban J connectivity index is 1.63. The van der Waals surface area contributed by atoms with Crippen molar-refractivity contribution >= 4 is 21.8 Å². The number of rotatable bonds is 10. The van der Waals surface area contributed by atoms with Crippen LogP contribution in [0.3, 0.4) is 0 Å². The Kier molecular flexibility index (Phi) is 8.20. The van der Waals surface area contributed by atoms with E-state index in [4.69, 9.17) is 9.47 Å². The minimum absolute atomic E-state index is 0.0127. The second-order valence-electron chi connectivity index (χ2n) is 7.99. The van der Waals surface area contributed by atoms with Crippen LogP contribution in [0.5, 0.6) is 5.75 Å². The van der Waals surface area contributed by atoms with Crippen molar-refractivity contribution in [2.75, 3.05) is 13.7 Å². The van der Waals surface area contributed by atoms with Crippen LogP contribution in [0.2, 0.25) is 0 Å². The van der Waals surface area contributed by atoms with E-state index in [9.17, 15) is 18.0 Å². The molecule has 0 saturated carbocycles. The van der Waals surface area contributed by atoms with E-state index in [0.29, 0.717) is 11.3 Å². The Hall–Kier alpha value is -3.49. The Labute approximate surface area is 199 Å². The first-order valence-electron chi connectivity index (χ1n) is 10.7. The van der Waals surface area contributed by atoms with E-state index in [0.717, 1.165) is 11.1 Å². The average Bonchev–Trinajstić information content (AvgIpc) is 2.86. The molecular weight excluding hydrogens is 454 g/mol. The summed E-state index contributed by atoms with van der Waals surface area (Å²) in [6, 6.07) is 21.4. The smallest absolute Gasteiger partial charge is 0.324 e. The first-order valence-corrected chi connectivity index (χ1v) is 12.2. The molecule has 3 aromatic carbocycles. The van der Waals surface area contributed by atoms with Crippen LogP contribution in [0, 0.1) is 5.92 Å². The number of ether oxygens (including phenoxy) is 2. The molecule has 0 aliphatic carbocycles. The van der Waals surface area contributed by atoms with E-state index in [2.05, 4.69) is 4.72 Å². The summed E-state index contributed by atoms with van der Waals surface area (Å²) in [5.41, 5.74) is 2.38. The highest BCUT2D eigenvalue weighted by Crippen LogP contribution is 2.20. The fourth-order valence-electron chi connectivity index (χ4n) is 3.24. The third-order valence-electron chi connectivity index (χ3n) is 5.23. The van der Waals surface area contributed by atoms with Gasteiger partial charge in [0.1, 0.15) is 11.8 Å². The van der Waals surface area contributed by atoms with Gasteiger partial charge < -0.3 is 9.47 Å². The van der Waals surface area contributed by atoms with Gasteiger partial charge in [0.15, 0.2) is 12.4 Å². The molecule has 3 rings (SSSR count). The molecular formula is C26H27NO6S. The van der Waals surface area contributed by atoms with Crippen molar-refractivity contribution < 1.29 is 27.5 Å². The van der Waals surface area contributed by atoms with Gasteiger partial charge in [-0.25, -0.2) is 8.42 Å². The van der Waals surface area contributed by atoms with E-state index in [1.807, 2.05) is 42.5 Å². The van der Waals surface area contributed by atoms with E-state index in [1.165, 1.54) is 31.4 Å². The molecule has 1 atom stereocenters. The monoisotopic (exact) mass is 481 g/mol. The van der Waals surface area contributed by atoms with Crippen LogP contribution < -0.4 is 9.46 Å². The molecule has 0 amide bonds. The molecule has 0 aliphatic heterocycles. The Morgan fingerprint density at radius 3 is 2.00 bits per heavy atom. The number of sulfonamides is 1. The number of carbonyl (C=O) groups excluding carboxylic acids is 2. The number of benzene rings is 3. The van der Waals surface area contributed by atoms with Crippen LogP contribution in [-0.4, -0.2) is 39.9 Å². The van der Waals surface area contributed by atoms with Gasteiger partial charge in [-0.05, 0) is 41.3 Å². The van der Waals surface area contributed by atoms with Gasteiger partial charge in [-0.1, -0.05) is 68.4 Å². The minimum atomic E-state index is -3.99. The predicted octanol–water partition coefficient (Wildman–Crippen LogP) is 4.09. The van der Waals surface area contributed by atoms with E-state index in [-0.39, 0.29) is 10.7 Å². The number of hydrogen-bond donors (Lipinski definition) is 1. The molecule has 0 bridgehead atoms. The number of ketones is 1. The minimum Gasteiger partial charge on any atom is -0.497 e. The van der Waals surface area contributed by atoms with E-state index in [1.54, 1.807) is 26.0 Å². The Morgan fingerprint density at radius 1 is 0.853 bits per heavy atom. The molecule has 3 aromatic rings. The maximum Gasteiger partial charge on any atom is 0.324 e. The fourth-order valence-corrected chi connectivity index (χ4v) is 4.57. The third kappa shape index (κ3) is 6.30. The Bertz CT molecular complexity index is 1220. The lowest BCUT2D eigenvalue weighted by atomic mass is 10.0. The largest absolute Gasteiger partial charge is 0.497 e.